The van der Waals surface area contributed by atoms with E-state index < -0.39 is 0 Å². The molecule has 1 fully saturated rings. The first-order valence-corrected chi connectivity index (χ1v) is 7.21. The van der Waals surface area contributed by atoms with Crippen molar-refractivity contribution in [3.8, 4) is 5.69 Å². The van der Waals surface area contributed by atoms with Crippen LogP contribution in [0.2, 0.25) is 0 Å². The third kappa shape index (κ3) is 2.56. The molecule has 4 nitrogen and oxygen atoms in total. The molecule has 0 saturated carbocycles. The Hall–Kier alpha value is -1.81. The van der Waals surface area contributed by atoms with Gasteiger partial charge in [0.2, 0.25) is 0 Å². The van der Waals surface area contributed by atoms with Crippen LogP contribution < -0.4 is 4.90 Å². The third-order valence-corrected chi connectivity index (χ3v) is 3.95. The highest BCUT2D eigenvalue weighted by molar-refractivity contribution is 5.53. The number of rotatable bonds is 2. The number of benzene rings is 1. The molecule has 0 unspecified atom stereocenters. The van der Waals surface area contributed by atoms with Crippen molar-refractivity contribution in [2.75, 3.05) is 38.1 Å². The number of nitrogens with zero attached hydrogens (tertiary/aromatic N) is 4. The second-order valence-corrected chi connectivity index (χ2v) is 5.65. The van der Waals surface area contributed by atoms with Crippen molar-refractivity contribution in [2.24, 2.45) is 0 Å². The smallest absolute Gasteiger partial charge is 0.0669 e. The average molecular weight is 270 g/mol. The summed E-state index contributed by atoms with van der Waals surface area (Å²) in [6.45, 7) is 8.58. The third-order valence-electron chi connectivity index (χ3n) is 3.95. The van der Waals surface area contributed by atoms with Crippen LogP contribution in [0, 0.1) is 13.8 Å². The van der Waals surface area contributed by atoms with Gasteiger partial charge in [-0.1, -0.05) is 6.07 Å². The Labute approximate surface area is 120 Å². The molecule has 0 N–H and O–H groups in total. The molecule has 20 heavy (non-hydrogen) atoms. The molecule has 2 aromatic rings. The van der Waals surface area contributed by atoms with Gasteiger partial charge in [0.15, 0.2) is 0 Å². The molecule has 4 heteroatoms. The summed E-state index contributed by atoms with van der Waals surface area (Å²) in [6.07, 6.45) is 0. The second-order valence-electron chi connectivity index (χ2n) is 5.65. The molecular formula is C16H22N4. The molecule has 0 aliphatic carbocycles. The van der Waals surface area contributed by atoms with E-state index in [1.165, 1.54) is 11.4 Å². The van der Waals surface area contributed by atoms with Crippen LogP contribution in [0.5, 0.6) is 0 Å². The first kappa shape index (κ1) is 13.2. The van der Waals surface area contributed by atoms with E-state index in [4.69, 9.17) is 0 Å². The van der Waals surface area contributed by atoms with E-state index in [-0.39, 0.29) is 0 Å². The molecular weight excluding hydrogens is 248 g/mol. The molecule has 2 heterocycles. The van der Waals surface area contributed by atoms with Crippen molar-refractivity contribution in [3.05, 3.63) is 41.7 Å². The topological polar surface area (TPSA) is 24.3 Å². The fourth-order valence-electron chi connectivity index (χ4n) is 2.78. The first-order valence-electron chi connectivity index (χ1n) is 7.21. The number of hydrogen-bond acceptors (Lipinski definition) is 3. The molecule has 106 valence electrons. The van der Waals surface area contributed by atoms with E-state index in [2.05, 4.69) is 59.2 Å². The largest absolute Gasteiger partial charge is 0.369 e. The monoisotopic (exact) mass is 270 g/mol. The Bertz CT molecular complexity index is 594. The lowest BCUT2D eigenvalue weighted by Gasteiger charge is -2.34. The summed E-state index contributed by atoms with van der Waals surface area (Å²) < 4.78 is 2.02. The zero-order valence-corrected chi connectivity index (χ0v) is 12.5. The Morgan fingerprint density at radius 2 is 1.65 bits per heavy atom. The molecule has 1 saturated heterocycles. The van der Waals surface area contributed by atoms with Crippen LogP contribution in [-0.4, -0.2) is 47.9 Å². The lowest BCUT2D eigenvalue weighted by molar-refractivity contribution is 0.313. The Balaban J connectivity index is 1.88. The van der Waals surface area contributed by atoms with Gasteiger partial charge in [0.25, 0.3) is 0 Å². The zero-order chi connectivity index (χ0) is 14.1. The van der Waals surface area contributed by atoms with E-state index in [0.717, 1.165) is 37.6 Å². The Morgan fingerprint density at radius 1 is 0.950 bits per heavy atom. The molecule has 0 radical (unpaired) electrons. The van der Waals surface area contributed by atoms with Crippen LogP contribution >= 0.6 is 0 Å². The van der Waals surface area contributed by atoms with Gasteiger partial charge in [0.05, 0.1) is 11.4 Å². The van der Waals surface area contributed by atoms with Crippen molar-refractivity contribution >= 4 is 5.69 Å². The Morgan fingerprint density at radius 3 is 2.30 bits per heavy atom. The molecule has 1 aromatic carbocycles. The average Bonchev–Trinajstić information content (AvgIpc) is 2.79. The van der Waals surface area contributed by atoms with E-state index in [1.54, 1.807) is 0 Å². The summed E-state index contributed by atoms with van der Waals surface area (Å²) in [6, 6.07) is 10.8. The van der Waals surface area contributed by atoms with Gasteiger partial charge in [-0.25, -0.2) is 4.68 Å². The number of aromatic nitrogens is 2. The van der Waals surface area contributed by atoms with Crippen LogP contribution in [0.25, 0.3) is 5.69 Å². The normalized spacial score (nSPS) is 16.6. The second kappa shape index (κ2) is 5.29. The van der Waals surface area contributed by atoms with Gasteiger partial charge in [0, 0.05) is 37.6 Å². The van der Waals surface area contributed by atoms with E-state index >= 15 is 0 Å². The fourth-order valence-corrected chi connectivity index (χ4v) is 2.78. The minimum atomic E-state index is 1.06. The molecule has 1 aliphatic heterocycles. The SMILES string of the molecule is Cc1cc(C)n(-c2cccc(N3CCN(C)CC3)c2)n1. The van der Waals surface area contributed by atoms with Crippen LogP contribution in [0.15, 0.2) is 30.3 Å². The van der Waals surface area contributed by atoms with Crippen LogP contribution in [0.3, 0.4) is 0 Å². The number of hydrogen-bond donors (Lipinski definition) is 0. The summed E-state index contributed by atoms with van der Waals surface area (Å²) in [5, 5.41) is 4.57. The highest BCUT2D eigenvalue weighted by Crippen LogP contribution is 2.21. The standard InChI is InChI=1S/C16H22N4/c1-13-11-14(2)20(17-13)16-6-4-5-15(12-16)19-9-7-18(3)8-10-19/h4-6,11-12H,7-10H2,1-3H3. The zero-order valence-electron chi connectivity index (χ0n) is 12.5. The highest BCUT2D eigenvalue weighted by Gasteiger charge is 2.15. The van der Waals surface area contributed by atoms with Crippen molar-refractivity contribution in [1.29, 1.82) is 0 Å². The lowest BCUT2D eigenvalue weighted by Crippen LogP contribution is -2.44. The van der Waals surface area contributed by atoms with E-state index in [0.29, 0.717) is 0 Å². The maximum absolute atomic E-state index is 4.57. The summed E-state index contributed by atoms with van der Waals surface area (Å²) in [7, 11) is 2.18. The quantitative estimate of drug-likeness (QED) is 0.836. The van der Waals surface area contributed by atoms with Crippen molar-refractivity contribution < 1.29 is 0 Å². The fraction of sp³-hybridized carbons (Fsp3) is 0.438. The molecule has 0 amide bonds. The lowest BCUT2D eigenvalue weighted by atomic mass is 10.2. The molecule has 3 rings (SSSR count). The molecule has 1 aromatic heterocycles. The van der Waals surface area contributed by atoms with Crippen molar-refractivity contribution in [3.63, 3.8) is 0 Å². The van der Waals surface area contributed by atoms with E-state index in [9.17, 15) is 0 Å². The maximum Gasteiger partial charge on any atom is 0.0669 e. The van der Waals surface area contributed by atoms with Gasteiger partial charge >= 0.3 is 0 Å². The van der Waals surface area contributed by atoms with Gasteiger partial charge in [-0.2, -0.15) is 5.10 Å². The summed E-state index contributed by atoms with van der Waals surface area (Å²) in [5.41, 5.74) is 4.68. The highest BCUT2D eigenvalue weighted by atomic mass is 15.3. The Kier molecular flexibility index (Phi) is 3.49. The number of aryl methyl sites for hydroxylation is 2. The number of anilines is 1. The van der Waals surface area contributed by atoms with Gasteiger partial charge in [0.1, 0.15) is 0 Å². The molecule has 0 spiro atoms. The van der Waals surface area contributed by atoms with Gasteiger partial charge < -0.3 is 9.80 Å². The summed E-state index contributed by atoms with van der Waals surface area (Å²) in [5.74, 6) is 0. The van der Waals surface area contributed by atoms with Crippen LogP contribution in [0.1, 0.15) is 11.4 Å². The molecule has 0 atom stereocenters. The van der Waals surface area contributed by atoms with Gasteiger partial charge in [-0.3, -0.25) is 0 Å². The number of piperazine rings is 1. The molecule has 0 bridgehead atoms. The minimum Gasteiger partial charge on any atom is -0.369 e. The van der Waals surface area contributed by atoms with Crippen LogP contribution in [-0.2, 0) is 0 Å². The number of likely N-dealkylation sites (N-methyl/N-ethyl adjacent to an activating group) is 1. The predicted octanol–water partition coefficient (Wildman–Crippen LogP) is 2.24. The maximum atomic E-state index is 4.57. The molecule has 1 aliphatic rings. The van der Waals surface area contributed by atoms with Crippen LogP contribution in [0.4, 0.5) is 5.69 Å². The summed E-state index contributed by atoms with van der Waals surface area (Å²) >= 11 is 0. The van der Waals surface area contributed by atoms with E-state index in [1.807, 2.05) is 11.6 Å². The minimum absolute atomic E-state index is 1.06. The predicted molar refractivity (Wildman–Crippen MR) is 82.7 cm³/mol. The van der Waals surface area contributed by atoms with Crippen molar-refractivity contribution in [1.82, 2.24) is 14.7 Å². The van der Waals surface area contributed by atoms with Gasteiger partial charge in [-0.15, -0.1) is 0 Å². The van der Waals surface area contributed by atoms with Gasteiger partial charge in [-0.05, 0) is 45.2 Å². The summed E-state index contributed by atoms with van der Waals surface area (Å²) in [4.78, 5) is 4.83. The van der Waals surface area contributed by atoms with Crippen molar-refractivity contribution in [2.45, 2.75) is 13.8 Å². The first-order chi connectivity index (χ1) is 9.63.